The molecule has 114 valence electrons. The molecular formula is C12H20N2O6. The number of ether oxygens (including phenoxy) is 1. The van der Waals surface area contributed by atoms with E-state index in [1.54, 1.807) is 6.92 Å². The highest BCUT2D eigenvalue weighted by atomic mass is 16.5. The number of β-amino-alcohol motifs (C(OH)–C–C–N with tert-alkyl or cyclic N) is 1. The predicted octanol–water partition coefficient (Wildman–Crippen LogP) is -0.633. The number of hydrogen-bond donors (Lipinski definition) is 2. The van der Waals surface area contributed by atoms with Crippen molar-refractivity contribution in [2.24, 2.45) is 5.92 Å². The summed E-state index contributed by atoms with van der Waals surface area (Å²) < 4.78 is 4.57. The normalized spacial score (nSPS) is 23.3. The van der Waals surface area contributed by atoms with E-state index >= 15 is 0 Å². The molecule has 2 amide bonds. The molecule has 1 rings (SSSR count). The Morgan fingerprint density at radius 2 is 2.05 bits per heavy atom. The van der Waals surface area contributed by atoms with Crippen LogP contribution < -0.4 is 0 Å². The molecule has 0 aromatic heterocycles. The molecule has 1 aliphatic heterocycles. The van der Waals surface area contributed by atoms with Crippen LogP contribution in [-0.2, 0) is 14.3 Å². The van der Waals surface area contributed by atoms with E-state index in [0.29, 0.717) is 0 Å². The molecule has 0 aromatic carbocycles. The van der Waals surface area contributed by atoms with Gasteiger partial charge in [0.25, 0.3) is 0 Å². The van der Waals surface area contributed by atoms with Crippen LogP contribution in [0.4, 0.5) is 4.79 Å². The van der Waals surface area contributed by atoms with Crippen LogP contribution in [0.15, 0.2) is 0 Å². The highest BCUT2D eigenvalue weighted by molar-refractivity contribution is 5.83. The summed E-state index contributed by atoms with van der Waals surface area (Å²) in [6, 6.07) is -1.56. The molecule has 0 aliphatic carbocycles. The second kappa shape index (κ2) is 6.56. The van der Waals surface area contributed by atoms with Crippen molar-refractivity contribution in [1.82, 2.24) is 9.80 Å². The Balaban J connectivity index is 2.68. The van der Waals surface area contributed by atoms with Crippen molar-refractivity contribution >= 4 is 18.0 Å². The molecule has 8 nitrogen and oxygen atoms in total. The second-order valence-electron chi connectivity index (χ2n) is 4.98. The fourth-order valence-corrected chi connectivity index (χ4v) is 2.24. The van der Waals surface area contributed by atoms with Crippen LogP contribution in [-0.4, -0.2) is 77.4 Å². The van der Waals surface area contributed by atoms with Crippen LogP contribution in [0.2, 0.25) is 0 Å². The molecule has 0 bridgehead atoms. The van der Waals surface area contributed by atoms with Crippen LogP contribution in [0.3, 0.4) is 0 Å². The molecule has 1 fully saturated rings. The molecule has 3 atom stereocenters. The first-order valence-corrected chi connectivity index (χ1v) is 6.28. The number of aliphatic hydroxyl groups excluding tert-OH is 1. The smallest absolute Gasteiger partial charge is 0.326 e. The summed E-state index contributed by atoms with van der Waals surface area (Å²) in [5.41, 5.74) is 0. The number of nitrogens with zero attached hydrogens (tertiary/aromatic N) is 2. The van der Waals surface area contributed by atoms with Crippen LogP contribution in [0.5, 0.6) is 0 Å². The van der Waals surface area contributed by atoms with Crippen LogP contribution in [0, 0.1) is 5.92 Å². The first kappa shape index (κ1) is 16.2. The van der Waals surface area contributed by atoms with Gasteiger partial charge in [-0.25, -0.2) is 9.59 Å². The van der Waals surface area contributed by atoms with Gasteiger partial charge in [0, 0.05) is 26.6 Å². The summed E-state index contributed by atoms with van der Waals surface area (Å²) in [5.74, 6) is -2.10. The zero-order chi connectivity index (χ0) is 15.4. The first-order valence-electron chi connectivity index (χ1n) is 6.28. The number of carbonyl (C=O) groups is 3. The third kappa shape index (κ3) is 3.60. The number of carboxylic acid groups (broad SMARTS) is 1. The number of esters is 1. The van der Waals surface area contributed by atoms with Crippen LogP contribution >= 0.6 is 0 Å². The van der Waals surface area contributed by atoms with Crippen LogP contribution in [0.25, 0.3) is 0 Å². The fraction of sp³-hybridized carbons (Fsp3) is 0.750. The van der Waals surface area contributed by atoms with E-state index in [1.807, 2.05) is 0 Å². The van der Waals surface area contributed by atoms with Gasteiger partial charge in [-0.15, -0.1) is 0 Å². The Labute approximate surface area is 116 Å². The van der Waals surface area contributed by atoms with Gasteiger partial charge in [-0.2, -0.15) is 0 Å². The highest BCUT2D eigenvalue weighted by Gasteiger charge is 2.40. The largest absolute Gasteiger partial charge is 0.480 e. The fourth-order valence-electron chi connectivity index (χ4n) is 2.24. The summed E-state index contributed by atoms with van der Waals surface area (Å²) >= 11 is 0. The van der Waals surface area contributed by atoms with E-state index in [4.69, 9.17) is 5.11 Å². The van der Waals surface area contributed by atoms with E-state index in [1.165, 1.54) is 19.1 Å². The van der Waals surface area contributed by atoms with Crippen LogP contribution in [0.1, 0.15) is 13.3 Å². The topological polar surface area (TPSA) is 107 Å². The number of urea groups is 1. The maximum atomic E-state index is 12.2. The van der Waals surface area contributed by atoms with Crippen molar-refractivity contribution in [2.45, 2.75) is 25.5 Å². The molecule has 20 heavy (non-hydrogen) atoms. The van der Waals surface area contributed by atoms with E-state index in [2.05, 4.69) is 4.74 Å². The lowest BCUT2D eigenvalue weighted by Gasteiger charge is -2.28. The van der Waals surface area contributed by atoms with Gasteiger partial charge in [-0.05, 0) is 0 Å². The molecule has 1 saturated heterocycles. The van der Waals surface area contributed by atoms with Gasteiger partial charge in [-0.3, -0.25) is 4.79 Å². The van der Waals surface area contributed by atoms with Crippen molar-refractivity contribution in [2.75, 3.05) is 27.2 Å². The minimum absolute atomic E-state index is 0.0153. The quantitative estimate of drug-likeness (QED) is 0.667. The van der Waals surface area contributed by atoms with Gasteiger partial charge in [-0.1, -0.05) is 6.92 Å². The number of carbonyl (C=O) groups excluding carboxylic acids is 2. The summed E-state index contributed by atoms with van der Waals surface area (Å²) in [6.07, 6.45) is -0.826. The van der Waals surface area contributed by atoms with Crippen molar-refractivity contribution in [1.29, 1.82) is 0 Å². The van der Waals surface area contributed by atoms with Gasteiger partial charge >= 0.3 is 18.0 Å². The summed E-state index contributed by atoms with van der Waals surface area (Å²) in [7, 11) is 2.74. The van der Waals surface area contributed by atoms with Crippen molar-refractivity contribution in [3.63, 3.8) is 0 Å². The molecule has 1 heterocycles. The Morgan fingerprint density at radius 3 is 2.55 bits per heavy atom. The van der Waals surface area contributed by atoms with Gasteiger partial charge in [0.1, 0.15) is 6.04 Å². The predicted molar refractivity (Wildman–Crippen MR) is 68.0 cm³/mol. The lowest BCUT2D eigenvalue weighted by molar-refractivity contribution is -0.145. The maximum Gasteiger partial charge on any atom is 0.326 e. The number of rotatable bonds is 4. The van der Waals surface area contributed by atoms with E-state index in [-0.39, 0.29) is 19.5 Å². The second-order valence-corrected chi connectivity index (χ2v) is 4.98. The lowest BCUT2D eigenvalue weighted by Crippen LogP contribution is -2.48. The SMILES string of the molecule is COC(=O)C(C)CN(C)C(=O)N1C[C@H](O)C[C@@H]1C(=O)O. The molecule has 0 saturated carbocycles. The van der Waals surface area contributed by atoms with Crippen molar-refractivity contribution in [3.05, 3.63) is 0 Å². The van der Waals surface area contributed by atoms with Gasteiger partial charge in [0.05, 0.1) is 19.1 Å². The summed E-state index contributed by atoms with van der Waals surface area (Å²) in [6.45, 7) is 1.71. The number of aliphatic carboxylic acids is 1. The Morgan fingerprint density at radius 1 is 1.45 bits per heavy atom. The zero-order valence-corrected chi connectivity index (χ0v) is 11.8. The molecule has 1 aliphatic rings. The van der Waals surface area contributed by atoms with E-state index < -0.39 is 36.0 Å². The number of amides is 2. The molecule has 0 spiro atoms. The Hall–Kier alpha value is -1.83. The first-order chi connectivity index (χ1) is 9.27. The van der Waals surface area contributed by atoms with E-state index in [0.717, 1.165) is 4.90 Å². The van der Waals surface area contributed by atoms with E-state index in [9.17, 15) is 19.5 Å². The monoisotopic (exact) mass is 288 g/mol. The third-order valence-electron chi connectivity index (χ3n) is 3.29. The standard InChI is InChI=1S/C12H20N2O6/c1-7(11(18)20-3)5-13(2)12(19)14-6-8(15)4-9(14)10(16)17/h7-9,15H,4-6H2,1-3H3,(H,16,17)/t7?,8-,9-/m1/s1. The number of aliphatic hydroxyl groups is 1. The average Bonchev–Trinajstić information content (AvgIpc) is 2.78. The highest BCUT2D eigenvalue weighted by Crippen LogP contribution is 2.20. The summed E-state index contributed by atoms with van der Waals surface area (Å²) in [4.78, 5) is 36.9. The summed E-state index contributed by atoms with van der Waals surface area (Å²) in [5, 5.41) is 18.6. The molecule has 1 unspecified atom stereocenters. The average molecular weight is 288 g/mol. The van der Waals surface area contributed by atoms with Gasteiger partial charge < -0.3 is 24.7 Å². The minimum Gasteiger partial charge on any atom is -0.480 e. The molecular weight excluding hydrogens is 268 g/mol. The number of carboxylic acids is 1. The van der Waals surface area contributed by atoms with Crippen molar-refractivity contribution < 1.29 is 29.3 Å². The molecule has 0 aromatic rings. The number of methoxy groups -OCH3 is 1. The maximum absolute atomic E-state index is 12.2. The van der Waals surface area contributed by atoms with Crippen molar-refractivity contribution in [3.8, 4) is 0 Å². The Kier molecular flexibility index (Phi) is 5.32. The molecule has 0 radical (unpaired) electrons. The number of likely N-dealkylation sites (tertiary alicyclic amines) is 1. The molecule has 2 N–H and O–H groups in total. The number of hydrogen-bond acceptors (Lipinski definition) is 5. The third-order valence-corrected chi connectivity index (χ3v) is 3.29. The zero-order valence-electron chi connectivity index (χ0n) is 11.8. The molecule has 8 heteroatoms. The minimum atomic E-state index is -1.15. The lowest BCUT2D eigenvalue weighted by atomic mass is 10.2. The Bertz CT molecular complexity index is 399. The van der Waals surface area contributed by atoms with Gasteiger partial charge in [0.2, 0.25) is 0 Å². The van der Waals surface area contributed by atoms with Gasteiger partial charge in [0.15, 0.2) is 0 Å².